The average Bonchev–Trinajstić information content (AvgIpc) is 3.26. The Morgan fingerprint density at radius 2 is 0.914 bits per heavy atom. The Morgan fingerprint density at radius 1 is 0.569 bits per heavy atom. The van der Waals surface area contributed by atoms with E-state index in [4.69, 9.17) is 9.47 Å². The molecule has 58 heavy (non-hydrogen) atoms. The number of aliphatic hydroxyl groups excluding tert-OH is 8. The highest BCUT2D eigenvalue weighted by molar-refractivity contribution is 5.97. The summed E-state index contributed by atoms with van der Waals surface area (Å²) in [7, 11) is 0. The smallest absolute Gasteiger partial charge is 0.253 e. The van der Waals surface area contributed by atoms with Crippen LogP contribution in [0, 0.1) is 11.8 Å². The van der Waals surface area contributed by atoms with E-state index in [0.717, 1.165) is 22.3 Å². The second-order valence-electron chi connectivity index (χ2n) is 15.0. The number of piperazine rings is 1. The molecule has 1 saturated heterocycles. The normalized spacial score (nSPS) is 29.1. The third-order valence-corrected chi connectivity index (χ3v) is 11.7. The van der Waals surface area contributed by atoms with Crippen LogP contribution in [0.25, 0.3) is 22.3 Å². The van der Waals surface area contributed by atoms with E-state index in [2.05, 4.69) is 0 Å². The predicted molar refractivity (Wildman–Crippen MR) is 204 cm³/mol. The number of hydrogen-bond donors (Lipinski definition) is 10. The molecule has 16 heteroatoms. The Hall–Kier alpha value is -4.98. The molecule has 1 heterocycles. The second-order valence-corrected chi connectivity index (χ2v) is 15.0. The highest BCUT2D eigenvalue weighted by Gasteiger charge is 2.66. The third-order valence-electron chi connectivity index (χ3n) is 11.7. The van der Waals surface area contributed by atoms with Gasteiger partial charge in [-0.3, -0.25) is 9.59 Å². The Balaban J connectivity index is 0.929. The minimum Gasteiger partial charge on any atom is -0.462 e. The highest BCUT2D eigenvalue weighted by atomic mass is 16.6. The lowest BCUT2D eigenvalue weighted by atomic mass is 9.64. The summed E-state index contributed by atoms with van der Waals surface area (Å²) in [6.07, 6.45) is -10.0. The van der Waals surface area contributed by atoms with Gasteiger partial charge in [0.2, 0.25) is 12.6 Å². The molecule has 1 aliphatic heterocycles. The predicted octanol–water partition coefficient (Wildman–Crippen LogP) is -0.837. The number of hydrogen-bond acceptors (Lipinski definition) is 14. The molecule has 4 aromatic rings. The van der Waals surface area contributed by atoms with Crippen molar-refractivity contribution in [1.82, 2.24) is 9.80 Å². The summed E-state index contributed by atoms with van der Waals surface area (Å²) in [5.74, 6) is -2.45. The van der Waals surface area contributed by atoms with Crippen molar-refractivity contribution in [3.8, 4) is 33.8 Å². The number of rotatable bonds is 12. The van der Waals surface area contributed by atoms with Crippen molar-refractivity contribution in [2.24, 2.45) is 11.8 Å². The van der Waals surface area contributed by atoms with Crippen molar-refractivity contribution in [2.75, 3.05) is 39.4 Å². The van der Waals surface area contributed by atoms with Gasteiger partial charge in [0.1, 0.15) is 23.7 Å². The first-order valence-corrected chi connectivity index (χ1v) is 18.8. The van der Waals surface area contributed by atoms with Crippen molar-refractivity contribution in [3.63, 3.8) is 0 Å². The molecule has 0 aromatic heterocycles. The lowest BCUT2D eigenvalue weighted by Crippen LogP contribution is -2.76. The van der Waals surface area contributed by atoms with Gasteiger partial charge < -0.3 is 70.3 Å². The molecule has 0 radical (unpaired) electrons. The first-order valence-electron chi connectivity index (χ1n) is 18.8. The van der Waals surface area contributed by atoms with E-state index in [-0.39, 0.29) is 23.3 Å². The lowest BCUT2D eigenvalue weighted by Gasteiger charge is -2.53. The van der Waals surface area contributed by atoms with Crippen LogP contribution in [0.2, 0.25) is 0 Å². The van der Waals surface area contributed by atoms with Crippen LogP contribution in [0.3, 0.4) is 0 Å². The minimum absolute atomic E-state index is 0.160. The van der Waals surface area contributed by atoms with Gasteiger partial charge in [0, 0.05) is 49.1 Å². The summed E-state index contributed by atoms with van der Waals surface area (Å²) in [4.78, 5) is 30.5. The van der Waals surface area contributed by atoms with E-state index < -0.39 is 73.2 Å². The van der Waals surface area contributed by atoms with Crippen LogP contribution >= 0.6 is 0 Å². The largest absolute Gasteiger partial charge is 0.462 e. The van der Waals surface area contributed by atoms with Crippen molar-refractivity contribution in [2.45, 2.75) is 48.2 Å². The molecule has 0 spiro atoms. The first-order chi connectivity index (χ1) is 27.7. The van der Waals surface area contributed by atoms with Crippen LogP contribution in [0.5, 0.6) is 11.5 Å². The van der Waals surface area contributed by atoms with Gasteiger partial charge in [-0.25, -0.2) is 0 Å². The standard InChI is InChI=1S/C42H46N2O14/c45-21-31-33(47)35(49)41(31,55)39(53)57-29-11-7-23(8-12-29)25-3-1-5-27(19-25)37(51)43-15-17-44(18-16-43)38(52)28-6-2-4-26(20-28)24-9-13-30(14-10-24)58-40(54)42(56)32(22-46)34(48)36(42)50/h1-14,19-20,31-36,39-40,45-50,53-56H,15-18,21-22H2. The fourth-order valence-corrected chi connectivity index (χ4v) is 7.94. The average molecular weight is 803 g/mol. The number of aliphatic hydroxyl groups is 10. The zero-order chi connectivity index (χ0) is 41.5. The fourth-order valence-electron chi connectivity index (χ4n) is 7.94. The van der Waals surface area contributed by atoms with E-state index in [1.807, 2.05) is 12.1 Å². The number of carbonyl (C=O) groups excluding carboxylic acids is 2. The third kappa shape index (κ3) is 7.21. The highest BCUT2D eigenvalue weighted by Crippen LogP contribution is 2.43. The number of ether oxygens (including phenoxy) is 2. The molecule has 2 aliphatic carbocycles. The summed E-state index contributed by atoms with van der Waals surface area (Å²) in [5.41, 5.74) is -0.686. The first kappa shape index (κ1) is 41.2. The number of amides is 2. The Bertz CT molecular complexity index is 1950. The Morgan fingerprint density at radius 3 is 1.24 bits per heavy atom. The van der Waals surface area contributed by atoms with Gasteiger partial charge in [-0.2, -0.15) is 0 Å². The summed E-state index contributed by atoms with van der Waals surface area (Å²) >= 11 is 0. The van der Waals surface area contributed by atoms with Crippen LogP contribution < -0.4 is 9.47 Å². The van der Waals surface area contributed by atoms with Crippen LogP contribution in [0.15, 0.2) is 97.1 Å². The van der Waals surface area contributed by atoms with Crippen LogP contribution in [-0.4, -0.2) is 160 Å². The topological polar surface area (TPSA) is 261 Å². The molecule has 10 atom stereocenters. The molecular formula is C42H46N2O14. The fraction of sp³-hybridized carbons (Fsp3) is 0.381. The van der Waals surface area contributed by atoms with Crippen molar-refractivity contribution < 1.29 is 70.1 Å². The number of benzene rings is 4. The molecule has 2 saturated carbocycles. The Kier molecular flexibility index (Phi) is 11.6. The van der Waals surface area contributed by atoms with Crippen LogP contribution in [-0.2, 0) is 0 Å². The molecule has 10 N–H and O–H groups in total. The molecule has 3 aliphatic rings. The van der Waals surface area contributed by atoms with Crippen molar-refractivity contribution in [1.29, 1.82) is 0 Å². The minimum atomic E-state index is -2.25. The maximum absolute atomic E-state index is 13.6. The van der Waals surface area contributed by atoms with Crippen LogP contribution in [0.1, 0.15) is 20.7 Å². The SMILES string of the molecule is O=C(c1cccc(-c2ccc(OC(O)C3(O)C(O)C(O)C3CO)cc2)c1)N1CCN(C(=O)c2cccc(-c3ccc(OC(O)C4(O)C(O)C(O)C4CO)cc3)c2)CC1. The molecule has 308 valence electrons. The van der Waals surface area contributed by atoms with Gasteiger partial charge in [0.15, 0.2) is 11.2 Å². The zero-order valence-electron chi connectivity index (χ0n) is 31.1. The zero-order valence-corrected chi connectivity index (χ0v) is 31.1. The van der Waals surface area contributed by atoms with E-state index in [0.29, 0.717) is 37.3 Å². The molecule has 3 fully saturated rings. The maximum Gasteiger partial charge on any atom is 0.253 e. The Labute approximate surface area is 332 Å². The summed E-state index contributed by atoms with van der Waals surface area (Å²) in [6, 6.07) is 27.0. The van der Waals surface area contributed by atoms with Gasteiger partial charge in [-0.05, 0) is 70.8 Å². The summed E-state index contributed by atoms with van der Waals surface area (Å²) < 4.78 is 10.8. The van der Waals surface area contributed by atoms with Crippen molar-refractivity contribution >= 4 is 11.8 Å². The summed E-state index contributed by atoms with van der Waals surface area (Å²) in [6.45, 7) is -0.0700. The molecule has 2 amide bonds. The quantitative estimate of drug-likeness (QED) is 0.0785. The molecular weight excluding hydrogens is 756 g/mol. The van der Waals surface area contributed by atoms with Gasteiger partial charge in [-0.1, -0.05) is 48.5 Å². The van der Waals surface area contributed by atoms with E-state index in [1.165, 1.54) is 24.3 Å². The molecule has 10 unspecified atom stereocenters. The molecule has 16 nitrogen and oxygen atoms in total. The second kappa shape index (κ2) is 16.3. The summed E-state index contributed by atoms with van der Waals surface area (Å²) in [5, 5.41) is 101. The van der Waals surface area contributed by atoms with Gasteiger partial charge in [-0.15, -0.1) is 0 Å². The maximum atomic E-state index is 13.6. The van der Waals surface area contributed by atoms with Gasteiger partial charge >= 0.3 is 0 Å². The number of carbonyl (C=O) groups is 2. The van der Waals surface area contributed by atoms with E-state index >= 15 is 0 Å². The van der Waals surface area contributed by atoms with E-state index in [1.54, 1.807) is 70.5 Å². The lowest BCUT2D eigenvalue weighted by molar-refractivity contribution is -0.332. The molecule has 7 rings (SSSR count). The van der Waals surface area contributed by atoms with Crippen LogP contribution in [0.4, 0.5) is 0 Å². The van der Waals surface area contributed by atoms with E-state index in [9.17, 15) is 60.7 Å². The van der Waals surface area contributed by atoms with Gasteiger partial charge in [0.25, 0.3) is 11.8 Å². The number of nitrogens with zero attached hydrogens (tertiary/aromatic N) is 2. The molecule has 4 aromatic carbocycles. The monoisotopic (exact) mass is 802 g/mol. The van der Waals surface area contributed by atoms with Crippen molar-refractivity contribution in [3.05, 3.63) is 108 Å². The van der Waals surface area contributed by atoms with Gasteiger partial charge in [0.05, 0.1) is 25.4 Å². The molecule has 0 bridgehead atoms.